The molecule has 6 heteroatoms. The van der Waals surface area contributed by atoms with Crippen LogP contribution in [0.5, 0.6) is 0 Å². The van der Waals surface area contributed by atoms with Crippen LogP contribution in [0.4, 0.5) is 17.1 Å². The number of benzene rings is 2. The van der Waals surface area contributed by atoms with Crippen LogP contribution in [0, 0.1) is 0 Å². The fraction of sp³-hybridized carbons (Fsp3) is 0.100. The molecular formula is C20H17Cl2N3O. The van der Waals surface area contributed by atoms with E-state index in [1.165, 1.54) is 6.20 Å². The van der Waals surface area contributed by atoms with Gasteiger partial charge < -0.3 is 10.2 Å². The Morgan fingerprint density at radius 1 is 1.04 bits per heavy atom. The summed E-state index contributed by atoms with van der Waals surface area (Å²) in [5, 5.41) is 3.48. The summed E-state index contributed by atoms with van der Waals surface area (Å²) in [7, 11) is 0. The topological polar surface area (TPSA) is 45.2 Å². The predicted molar refractivity (Wildman–Crippen MR) is 108 cm³/mol. The van der Waals surface area contributed by atoms with Crippen molar-refractivity contribution < 1.29 is 4.79 Å². The van der Waals surface area contributed by atoms with Gasteiger partial charge in [-0.3, -0.25) is 9.78 Å². The first-order chi connectivity index (χ1) is 12.6. The van der Waals surface area contributed by atoms with Crippen molar-refractivity contribution in [3.8, 4) is 0 Å². The number of halogens is 2. The number of anilines is 3. The predicted octanol–water partition coefficient (Wildman–Crippen LogP) is 5.80. The molecule has 0 saturated carbocycles. The van der Waals surface area contributed by atoms with Gasteiger partial charge in [-0.15, -0.1) is 0 Å². The maximum atomic E-state index is 12.6. The molecule has 0 unspecified atom stereocenters. The summed E-state index contributed by atoms with van der Waals surface area (Å²) in [5.41, 5.74) is 2.77. The highest BCUT2D eigenvalue weighted by atomic mass is 35.5. The minimum atomic E-state index is -0.298. The van der Waals surface area contributed by atoms with Crippen molar-refractivity contribution in [2.24, 2.45) is 0 Å². The second kappa shape index (κ2) is 8.21. The van der Waals surface area contributed by atoms with Gasteiger partial charge in [-0.1, -0.05) is 47.5 Å². The molecule has 3 rings (SSSR count). The van der Waals surface area contributed by atoms with Crippen LogP contribution in [0.3, 0.4) is 0 Å². The summed E-state index contributed by atoms with van der Waals surface area (Å²) in [4.78, 5) is 18.9. The van der Waals surface area contributed by atoms with Gasteiger partial charge in [0.1, 0.15) is 0 Å². The Balaban J connectivity index is 1.86. The fourth-order valence-corrected chi connectivity index (χ4v) is 2.96. The maximum absolute atomic E-state index is 12.6. The van der Waals surface area contributed by atoms with Crippen LogP contribution in [0.15, 0.2) is 67.0 Å². The first-order valence-electron chi connectivity index (χ1n) is 8.13. The van der Waals surface area contributed by atoms with E-state index in [-0.39, 0.29) is 5.91 Å². The number of rotatable bonds is 5. The van der Waals surface area contributed by atoms with Crippen LogP contribution in [-0.4, -0.2) is 17.4 Å². The number of pyridine rings is 1. The van der Waals surface area contributed by atoms with Crippen molar-refractivity contribution in [2.75, 3.05) is 16.8 Å². The molecule has 0 aliphatic carbocycles. The molecular weight excluding hydrogens is 369 g/mol. The van der Waals surface area contributed by atoms with Crippen molar-refractivity contribution in [1.29, 1.82) is 0 Å². The Morgan fingerprint density at radius 3 is 2.54 bits per heavy atom. The van der Waals surface area contributed by atoms with Gasteiger partial charge in [-0.05, 0) is 37.3 Å². The van der Waals surface area contributed by atoms with Crippen molar-refractivity contribution in [2.45, 2.75) is 6.92 Å². The SMILES string of the molecule is CCN(c1ccccc1)c1cncc(C(=O)Nc2cccc(Cl)c2Cl)c1. The van der Waals surface area contributed by atoms with Crippen LogP contribution in [0.1, 0.15) is 17.3 Å². The molecule has 26 heavy (non-hydrogen) atoms. The molecule has 0 saturated heterocycles. The number of carbonyl (C=O) groups is 1. The van der Waals surface area contributed by atoms with Crippen molar-refractivity contribution in [1.82, 2.24) is 4.98 Å². The lowest BCUT2D eigenvalue weighted by atomic mass is 10.2. The van der Waals surface area contributed by atoms with Crippen molar-refractivity contribution in [3.05, 3.63) is 82.6 Å². The zero-order valence-corrected chi connectivity index (χ0v) is 15.6. The Bertz CT molecular complexity index is 916. The second-order valence-electron chi connectivity index (χ2n) is 5.57. The fourth-order valence-electron chi connectivity index (χ4n) is 2.62. The molecule has 1 heterocycles. The van der Waals surface area contributed by atoms with E-state index >= 15 is 0 Å². The first kappa shape index (κ1) is 18.2. The lowest BCUT2D eigenvalue weighted by Gasteiger charge is -2.23. The molecule has 0 spiro atoms. The van der Waals surface area contributed by atoms with Gasteiger partial charge in [0.15, 0.2) is 0 Å². The molecule has 0 radical (unpaired) electrons. The number of amides is 1. The number of para-hydroxylation sites is 1. The number of nitrogens with one attached hydrogen (secondary N) is 1. The van der Waals surface area contributed by atoms with Gasteiger partial charge in [0.2, 0.25) is 0 Å². The number of hydrogen-bond donors (Lipinski definition) is 1. The van der Waals surface area contributed by atoms with Gasteiger partial charge in [0.25, 0.3) is 5.91 Å². The lowest BCUT2D eigenvalue weighted by Crippen LogP contribution is -2.18. The van der Waals surface area contributed by atoms with Gasteiger partial charge in [0.05, 0.1) is 33.2 Å². The Morgan fingerprint density at radius 2 is 1.81 bits per heavy atom. The largest absolute Gasteiger partial charge is 0.340 e. The normalized spacial score (nSPS) is 10.4. The zero-order chi connectivity index (χ0) is 18.5. The summed E-state index contributed by atoms with van der Waals surface area (Å²) < 4.78 is 0. The van der Waals surface area contributed by atoms with Gasteiger partial charge in [-0.2, -0.15) is 0 Å². The van der Waals surface area contributed by atoms with E-state index in [1.807, 2.05) is 37.3 Å². The van der Waals surface area contributed by atoms with E-state index in [9.17, 15) is 4.79 Å². The Hall–Kier alpha value is -2.56. The number of aromatic nitrogens is 1. The molecule has 3 aromatic rings. The molecule has 1 aromatic heterocycles. The lowest BCUT2D eigenvalue weighted by molar-refractivity contribution is 0.102. The highest BCUT2D eigenvalue weighted by molar-refractivity contribution is 6.44. The van der Waals surface area contributed by atoms with Crippen LogP contribution >= 0.6 is 23.2 Å². The molecule has 1 amide bonds. The molecule has 0 atom stereocenters. The van der Waals surface area contributed by atoms with E-state index in [1.54, 1.807) is 30.5 Å². The quantitative estimate of drug-likeness (QED) is 0.603. The van der Waals surface area contributed by atoms with Crippen LogP contribution < -0.4 is 10.2 Å². The number of nitrogens with zero attached hydrogens (tertiary/aromatic N) is 2. The molecule has 4 nitrogen and oxygen atoms in total. The Kier molecular flexibility index (Phi) is 5.76. The smallest absolute Gasteiger partial charge is 0.257 e. The summed E-state index contributed by atoms with van der Waals surface area (Å²) in [6.07, 6.45) is 3.26. The molecule has 1 N–H and O–H groups in total. The van der Waals surface area contributed by atoms with Crippen molar-refractivity contribution >= 4 is 46.2 Å². The van der Waals surface area contributed by atoms with Crippen molar-refractivity contribution in [3.63, 3.8) is 0 Å². The summed E-state index contributed by atoms with van der Waals surface area (Å²) >= 11 is 12.1. The second-order valence-corrected chi connectivity index (χ2v) is 6.35. The standard InChI is InChI=1S/C20H17Cl2N3O/c1-2-25(15-7-4-3-5-8-15)16-11-14(12-23-13-16)20(26)24-18-10-6-9-17(21)19(18)22/h3-13H,2H2,1H3,(H,24,26). The average molecular weight is 386 g/mol. The maximum Gasteiger partial charge on any atom is 0.257 e. The van der Waals surface area contributed by atoms with Crippen LogP contribution in [0.25, 0.3) is 0 Å². The third kappa shape index (κ3) is 3.98. The first-order valence-corrected chi connectivity index (χ1v) is 8.88. The molecule has 0 aliphatic heterocycles. The number of carbonyl (C=O) groups excluding carboxylic acids is 1. The third-order valence-corrected chi connectivity index (χ3v) is 4.70. The van der Waals surface area contributed by atoms with E-state index in [0.29, 0.717) is 21.3 Å². The highest BCUT2D eigenvalue weighted by Gasteiger charge is 2.14. The van der Waals surface area contributed by atoms with Crippen LogP contribution in [0.2, 0.25) is 10.0 Å². The Labute approximate surface area is 162 Å². The average Bonchev–Trinajstić information content (AvgIpc) is 2.67. The van der Waals surface area contributed by atoms with E-state index < -0.39 is 0 Å². The summed E-state index contributed by atoms with van der Waals surface area (Å²) in [5.74, 6) is -0.298. The van der Waals surface area contributed by atoms with E-state index in [0.717, 1.165) is 17.9 Å². The van der Waals surface area contributed by atoms with Gasteiger partial charge in [-0.25, -0.2) is 0 Å². The molecule has 132 valence electrons. The monoisotopic (exact) mass is 385 g/mol. The zero-order valence-electron chi connectivity index (χ0n) is 14.1. The molecule has 2 aromatic carbocycles. The molecule has 0 aliphatic rings. The minimum absolute atomic E-state index is 0.298. The third-order valence-electron chi connectivity index (χ3n) is 3.88. The van der Waals surface area contributed by atoms with Gasteiger partial charge in [0, 0.05) is 18.4 Å². The molecule has 0 fully saturated rings. The minimum Gasteiger partial charge on any atom is -0.340 e. The molecule has 0 bridgehead atoms. The highest BCUT2D eigenvalue weighted by Crippen LogP contribution is 2.30. The van der Waals surface area contributed by atoms with E-state index in [2.05, 4.69) is 15.2 Å². The van der Waals surface area contributed by atoms with Gasteiger partial charge >= 0.3 is 0 Å². The van der Waals surface area contributed by atoms with E-state index in [4.69, 9.17) is 23.2 Å². The summed E-state index contributed by atoms with van der Waals surface area (Å²) in [6, 6.07) is 16.8. The number of hydrogen-bond acceptors (Lipinski definition) is 3. The van der Waals surface area contributed by atoms with Crippen LogP contribution in [-0.2, 0) is 0 Å². The summed E-state index contributed by atoms with van der Waals surface area (Å²) in [6.45, 7) is 2.79.